The summed E-state index contributed by atoms with van der Waals surface area (Å²) in [6.45, 7) is 0.833. The van der Waals surface area contributed by atoms with E-state index in [1.54, 1.807) is 18.2 Å². The van der Waals surface area contributed by atoms with Crippen LogP contribution in [0.5, 0.6) is 11.5 Å². The predicted octanol–water partition coefficient (Wildman–Crippen LogP) is 4.08. The van der Waals surface area contributed by atoms with Gasteiger partial charge in [0.1, 0.15) is 13.2 Å². The molecule has 27 heavy (non-hydrogen) atoms. The first-order valence-corrected chi connectivity index (χ1v) is 8.23. The van der Waals surface area contributed by atoms with E-state index >= 15 is 0 Å². The molecule has 0 aliphatic carbocycles. The summed E-state index contributed by atoms with van der Waals surface area (Å²) in [5.41, 5.74) is -0.444. The maximum absolute atomic E-state index is 12.7. The maximum Gasteiger partial charge on any atom is 0.416 e. The average Bonchev–Trinajstić information content (AvgIpc) is 2.65. The lowest BCUT2D eigenvalue weighted by Crippen LogP contribution is -2.16. The normalized spacial score (nSPS) is 13.1. The van der Waals surface area contributed by atoms with Crippen molar-refractivity contribution >= 4 is 17.4 Å². The van der Waals surface area contributed by atoms with Crippen molar-refractivity contribution in [1.82, 2.24) is 0 Å². The van der Waals surface area contributed by atoms with Crippen LogP contribution < -0.4 is 14.8 Å². The number of ketones is 1. The summed E-state index contributed by atoms with van der Waals surface area (Å²) < 4.78 is 48.9. The molecule has 142 valence electrons. The summed E-state index contributed by atoms with van der Waals surface area (Å²) in [6.07, 6.45) is -4.72. The van der Waals surface area contributed by atoms with Gasteiger partial charge in [-0.05, 0) is 36.4 Å². The van der Waals surface area contributed by atoms with Gasteiger partial charge in [0, 0.05) is 24.1 Å². The number of alkyl halides is 3. The van der Waals surface area contributed by atoms with Crippen LogP contribution >= 0.6 is 0 Å². The van der Waals surface area contributed by atoms with E-state index in [4.69, 9.17) is 9.47 Å². The summed E-state index contributed by atoms with van der Waals surface area (Å²) in [5.74, 6) is 0.215. The summed E-state index contributed by atoms with van der Waals surface area (Å²) in [6, 6.07) is 9.10. The molecule has 1 amide bonds. The topological polar surface area (TPSA) is 64.6 Å². The highest BCUT2D eigenvalue weighted by Crippen LogP contribution is 2.32. The zero-order chi connectivity index (χ0) is 19.4. The highest BCUT2D eigenvalue weighted by atomic mass is 19.4. The number of anilines is 1. The van der Waals surface area contributed by atoms with E-state index < -0.39 is 17.6 Å². The van der Waals surface area contributed by atoms with Crippen molar-refractivity contribution in [3.05, 3.63) is 53.6 Å². The van der Waals surface area contributed by atoms with Crippen LogP contribution in [0, 0.1) is 0 Å². The first kappa shape index (κ1) is 18.8. The second-order valence-electron chi connectivity index (χ2n) is 5.91. The van der Waals surface area contributed by atoms with E-state index in [0.29, 0.717) is 30.3 Å². The number of benzene rings is 2. The van der Waals surface area contributed by atoms with E-state index in [0.717, 1.165) is 12.1 Å². The second-order valence-corrected chi connectivity index (χ2v) is 5.91. The number of amides is 1. The van der Waals surface area contributed by atoms with Crippen LogP contribution in [-0.4, -0.2) is 24.9 Å². The lowest BCUT2D eigenvalue weighted by atomic mass is 10.1. The Kier molecular flexibility index (Phi) is 5.34. The molecule has 2 aromatic rings. The van der Waals surface area contributed by atoms with Crippen LogP contribution in [0.3, 0.4) is 0 Å². The lowest BCUT2D eigenvalue weighted by Gasteiger charge is -2.18. The Morgan fingerprint density at radius 2 is 1.70 bits per heavy atom. The van der Waals surface area contributed by atoms with Crippen molar-refractivity contribution in [2.75, 3.05) is 18.5 Å². The van der Waals surface area contributed by atoms with Crippen molar-refractivity contribution in [1.29, 1.82) is 0 Å². The monoisotopic (exact) mass is 379 g/mol. The molecular formula is C19H16F3NO4. The Morgan fingerprint density at radius 3 is 2.44 bits per heavy atom. The van der Waals surface area contributed by atoms with Crippen LogP contribution in [0.25, 0.3) is 0 Å². The molecule has 3 rings (SSSR count). The van der Waals surface area contributed by atoms with E-state index in [-0.39, 0.29) is 24.3 Å². The van der Waals surface area contributed by atoms with Crippen LogP contribution in [-0.2, 0) is 11.0 Å². The number of carbonyl (C=O) groups is 2. The number of rotatable bonds is 5. The zero-order valence-corrected chi connectivity index (χ0v) is 14.1. The molecule has 0 bridgehead atoms. The molecule has 1 heterocycles. The molecule has 8 heteroatoms. The summed E-state index contributed by atoms with van der Waals surface area (Å²) in [5, 5.41) is 2.38. The Labute approximate surface area is 153 Å². The standard InChI is InChI=1S/C19H16F3NO4/c20-19(21,22)13-2-1-3-14(11-13)23-18(25)7-5-15(24)12-4-6-16-17(10-12)27-9-8-26-16/h1-4,6,10-11H,5,7-9H2,(H,23,25). The maximum atomic E-state index is 12.7. The molecule has 2 aromatic carbocycles. The number of carbonyl (C=O) groups excluding carboxylic acids is 2. The van der Waals surface area contributed by atoms with Gasteiger partial charge in [-0.25, -0.2) is 0 Å². The molecule has 0 aromatic heterocycles. The number of fused-ring (bicyclic) bond motifs is 1. The molecule has 0 spiro atoms. The van der Waals surface area contributed by atoms with Gasteiger partial charge in [-0.1, -0.05) is 6.07 Å². The quantitative estimate of drug-likeness (QED) is 0.796. The minimum absolute atomic E-state index is 0.0293. The van der Waals surface area contributed by atoms with Crippen molar-refractivity contribution in [2.45, 2.75) is 19.0 Å². The van der Waals surface area contributed by atoms with Gasteiger partial charge in [0.2, 0.25) is 5.91 Å². The number of halogens is 3. The molecule has 0 saturated heterocycles. The third kappa shape index (κ3) is 4.78. The number of hydrogen-bond acceptors (Lipinski definition) is 4. The fraction of sp³-hybridized carbons (Fsp3) is 0.263. The van der Waals surface area contributed by atoms with E-state index in [1.165, 1.54) is 12.1 Å². The smallest absolute Gasteiger partial charge is 0.416 e. The number of ether oxygens (including phenoxy) is 2. The first-order valence-electron chi connectivity index (χ1n) is 8.23. The molecule has 0 unspecified atom stereocenters. The minimum atomic E-state index is -4.49. The van der Waals surface area contributed by atoms with Gasteiger partial charge >= 0.3 is 6.18 Å². The van der Waals surface area contributed by atoms with Crippen LogP contribution in [0.1, 0.15) is 28.8 Å². The van der Waals surface area contributed by atoms with Crippen molar-refractivity contribution in [2.24, 2.45) is 0 Å². The first-order chi connectivity index (χ1) is 12.8. The Morgan fingerprint density at radius 1 is 0.963 bits per heavy atom. The van der Waals surface area contributed by atoms with Gasteiger partial charge < -0.3 is 14.8 Å². The van der Waals surface area contributed by atoms with Gasteiger partial charge in [-0.3, -0.25) is 9.59 Å². The van der Waals surface area contributed by atoms with Gasteiger partial charge in [-0.2, -0.15) is 13.2 Å². The summed E-state index contributed by atoms with van der Waals surface area (Å²) in [4.78, 5) is 24.2. The van der Waals surface area contributed by atoms with Gasteiger partial charge in [0.15, 0.2) is 17.3 Å². The third-order valence-electron chi connectivity index (χ3n) is 3.92. The molecule has 1 aliphatic rings. The molecule has 0 atom stereocenters. The number of hydrogen-bond donors (Lipinski definition) is 1. The zero-order valence-electron chi connectivity index (χ0n) is 14.1. The highest BCUT2D eigenvalue weighted by molar-refractivity contribution is 6.00. The van der Waals surface area contributed by atoms with E-state index in [1.807, 2.05) is 0 Å². The largest absolute Gasteiger partial charge is 0.486 e. The van der Waals surface area contributed by atoms with Crippen molar-refractivity contribution in [3.63, 3.8) is 0 Å². The number of Topliss-reactive ketones (excluding diaryl/α,β-unsaturated/α-hetero) is 1. The van der Waals surface area contributed by atoms with Gasteiger partial charge in [0.05, 0.1) is 5.56 Å². The SMILES string of the molecule is O=C(CCC(=O)c1ccc2c(c1)OCCO2)Nc1cccc(C(F)(F)F)c1. The van der Waals surface area contributed by atoms with Crippen molar-refractivity contribution < 1.29 is 32.2 Å². The third-order valence-corrected chi connectivity index (χ3v) is 3.92. The van der Waals surface area contributed by atoms with Crippen LogP contribution in [0.15, 0.2) is 42.5 Å². The molecule has 5 nitrogen and oxygen atoms in total. The predicted molar refractivity (Wildman–Crippen MR) is 91.1 cm³/mol. The van der Waals surface area contributed by atoms with E-state index in [9.17, 15) is 22.8 Å². The fourth-order valence-corrected chi connectivity index (χ4v) is 2.58. The second kappa shape index (κ2) is 7.69. The molecule has 1 N–H and O–H groups in total. The molecule has 0 saturated carbocycles. The van der Waals surface area contributed by atoms with Crippen LogP contribution in [0.4, 0.5) is 18.9 Å². The molecule has 1 aliphatic heterocycles. The fourth-order valence-electron chi connectivity index (χ4n) is 2.58. The minimum Gasteiger partial charge on any atom is -0.486 e. The Hall–Kier alpha value is -3.03. The molecule has 0 radical (unpaired) electrons. The summed E-state index contributed by atoms with van der Waals surface area (Å²) in [7, 11) is 0. The van der Waals surface area contributed by atoms with Crippen molar-refractivity contribution in [3.8, 4) is 11.5 Å². The van der Waals surface area contributed by atoms with Gasteiger partial charge in [-0.15, -0.1) is 0 Å². The average molecular weight is 379 g/mol. The number of nitrogens with one attached hydrogen (secondary N) is 1. The Bertz CT molecular complexity index is 864. The lowest BCUT2D eigenvalue weighted by molar-refractivity contribution is -0.137. The van der Waals surface area contributed by atoms with Gasteiger partial charge in [0.25, 0.3) is 0 Å². The Balaban J connectivity index is 1.57. The highest BCUT2D eigenvalue weighted by Gasteiger charge is 2.30. The van der Waals surface area contributed by atoms with Crippen LogP contribution in [0.2, 0.25) is 0 Å². The summed E-state index contributed by atoms with van der Waals surface area (Å²) >= 11 is 0. The molecule has 0 fully saturated rings. The molecular weight excluding hydrogens is 363 g/mol. The van der Waals surface area contributed by atoms with E-state index in [2.05, 4.69) is 5.32 Å².